The summed E-state index contributed by atoms with van der Waals surface area (Å²) in [7, 11) is -4.45. The van der Waals surface area contributed by atoms with Crippen LogP contribution in [0.15, 0.2) is 182 Å². The van der Waals surface area contributed by atoms with Gasteiger partial charge in [0.15, 0.2) is 16.6 Å². The van der Waals surface area contributed by atoms with Gasteiger partial charge in [-0.3, -0.25) is 28.8 Å². The average Bonchev–Trinajstić information content (AvgIpc) is 1.56. The molecule has 0 unspecified atom stereocenters. The summed E-state index contributed by atoms with van der Waals surface area (Å²) in [6.07, 6.45) is 1.66. The van der Waals surface area contributed by atoms with Crippen LogP contribution in [0.2, 0.25) is 36.3 Å². The minimum atomic E-state index is -4.77. The van der Waals surface area contributed by atoms with E-state index in [-0.39, 0.29) is 102 Å². The highest BCUT2D eigenvalue weighted by molar-refractivity contribution is 6.74. The molecule has 15 rings (SSSR count). The number of benzene rings is 9. The number of carbonyl (C=O) groups excluding carboxylic acids is 6. The van der Waals surface area contributed by atoms with E-state index in [4.69, 9.17) is 31.7 Å². The molecular weight excluding hydrogens is 1930 g/mol. The maximum absolute atomic E-state index is 15.4. The number of nitrogens with two attached hydrogens (primary N) is 1. The number of hydrogen-bond acceptors (Lipinski definition) is 14. The van der Waals surface area contributed by atoms with Gasteiger partial charge in [-0.25, -0.2) is 13.2 Å². The number of hydrogen-bond donors (Lipinski definition) is 7. The van der Waals surface area contributed by atoms with Crippen LogP contribution in [0, 0.1) is 55.8 Å². The number of piperidine rings is 3. The minimum Gasteiger partial charge on any atom is -0.466 e. The monoisotopic (exact) mass is 2080 g/mol. The summed E-state index contributed by atoms with van der Waals surface area (Å²) in [5, 5.41) is 24.9. The number of aliphatic hydroxyl groups excluding tert-OH is 1. The van der Waals surface area contributed by atoms with Crippen LogP contribution in [0.3, 0.4) is 0 Å². The second kappa shape index (κ2) is 48.6. The zero-order valence-electron chi connectivity index (χ0n) is 93.3. The van der Waals surface area contributed by atoms with Gasteiger partial charge in [-0.05, 0) is 282 Å². The Balaban J connectivity index is 0.000000191. The lowest BCUT2D eigenvalue weighted by molar-refractivity contribution is -0.152. The number of alkyl halides is 9. The molecule has 8 N–H and O–H groups in total. The van der Waals surface area contributed by atoms with Crippen LogP contribution >= 0.6 is 0 Å². The molecule has 3 aliphatic heterocycles. The van der Waals surface area contributed by atoms with Crippen molar-refractivity contribution in [1.29, 1.82) is 0 Å². The van der Waals surface area contributed by atoms with Crippen LogP contribution in [-0.4, -0.2) is 116 Å². The van der Waals surface area contributed by atoms with Crippen molar-refractivity contribution in [3.05, 3.63) is 283 Å². The molecule has 19 nitrogen and oxygen atoms in total. The number of carbonyl (C=O) groups is 6. The molecule has 788 valence electrons. The largest absolute Gasteiger partial charge is 0.466 e. The fraction of sp³-hybridized carbons (Fsp3) is 0.469. The third kappa shape index (κ3) is 28.5. The number of nitrogen functional groups attached to an aromatic ring is 1. The van der Waals surface area contributed by atoms with E-state index in [9.17, 15) is 77.8 Å². The van der Waals surface area contributed by atoms with Crippen LogP contribution in [0.25, 0.3) is 0 Å². The molecule has 146 heavy (non-hydrogen) atoms. The number of nitrogens with one attached hydrogen (secondary N) is 5. The smallest absolute Gasteiger partial charge is 0.416 e. The topological polar surface area (TPSA) is 246 Å². The molecule has 3 saturated heterocycles. The standard InChI is InChI=1S/C39H49F4N3O3Si.C33H35F4N3O3.C27H33FN2O3.C14H22F3NOSi/c1-25-11-9-15-33(40)34(25)37(48)46-22-10-14-31(35(46)26-16-19-29(20-17-26)44-28-12-7-8-13-28)36(47)45-30-21-18-27(32(23-30)39(41,42)43)24-49-50(5,6)38(2,3)4;1-20-6-4-10-28(34)29(20)32(43)40-17-5-9-26(30(40)21-11-14-24(15-12-21)38-23-7-2-3-8-23)31(42)39-25-16-13-22(19-41)27(18-25)33(35,36)37;1-3-33-27(32)22-11-7-17-30(26(31)24-18(2)8-6-12-23(24)28)25(22)19-13-15-21(16-14-19)29-20-9-4-5-10-20;1-13(2,3)20(4,5)19-9-10-6-7-11(18)8-12(10)14(15,16)17/h9,11,15-21,23,28,31,35,44H,7-8,10,12-14,22,24H2,1-6H3,(H,45,47);4,6,10-16,18,23,26,30,38,41H,2-3,5,7-9,17,19H2,1H3,(H,39,42);6,8,12-16,20,22,25,29H,3-5,7,9-11,17H2,1-2H3;6-8H,9,18H2,1-5H3/t31-,35-;26-,30-;22-,25-;/m000./s1/i2*1D3;2D3;. The van der Waals surface area contributed by atoms with Gasteiger partial charge < -0.3 is 65.7 Å². The SMILES string of the molecule is CC(C)(C)[Si](C)(C)OCc1ccc(N)cc1C(F)(F)F.[2H]C([2H])([2H])c1cccc(F)c1C(=O)N1CCC[C@H](C(=O)Nc2ccc(CO)c(C(F)(F)F)c2)[C@@H]1c1ccc(NC2CCCC2)cc1.[2H]C([2H])([2H])c1cccc(F)c1C(=O)N1CCC[C@H](C(=O)Nc2ccc(CO[Si](C)(C)C(C)(C)C)c(C(F)(F)F)c2)[C@@H]1c1ccc(NC2CCCC2)cc1.[2H]C([2H])([2H])c1cccc(F)c1C(=O)N1CCC[C@H](C(=O)OCC)[C@@H]1c1ccc(NC2CCCC2)cc1. The Kier molecular flexibility index (Phi) is 33.4. The molecule has 9 aromatic carbocycles. The summed E-state index contributed by atoms with van der Waals surface area (Å²) < 4.78 is 257. The third-order valence-electron chi connectivity index (χ3n) is 29.3. The van der Waals surface area contributed by atoms with Crippen LogP contribution in [0.1, 0.15) is 292 Å². The van der Waals surface area contributed by atoms with E-state index in [0.717, 1.165) is 129 Å². The van der Waals surface area contributed by atoms with E-state index in [1.807, 2.05) is 116 Å². The molecule has 3 aliphatic carbocycles. The predicted molar refractivity (Wildman–Crippen MR) is 552 cm³/mol. The number of likely N-dealkylation sites (tertiary alicyclic amines) is 3. The maximum atomic E-state index is 15.4. The molecular formula is C113H139F12N9O10Si2. The van der Waals surface area contributed by atoms with Crippen molar-refractivity contribution in [2.24, 2.45) is 17.8 Å². The van der Waals surface area contributed by atoms with E-state index in [1.165, 1.54) is 94.3 Å². The number of rotatable bonds is 25. The predicted octanol–water partition coefficient (Wildman–Crippen LogP) is 27.9. The first-order valence-electron chi connectivity index (χ1n) is 54.4. The van der Waals surface area contributed by atoms with Gasteiger partial charge in [-0.15, -0.1) is 0 Å². The number of aliphatic hydroxyl groups is 1. The van der Waals surface area contributed by atoms with Gasteiger partial charge in [0, 0.05) is 84.2 Å². The fourth-order valence-corrected chi connectivity index (χ4v) is 21.3. The number of esters is 1. The van der Waals surface area contributed by atoms with Gasteiger partial charge in [0.25, 0.3) is 17.7 Å². The summed E-state index contributed by atoms with van der Waals surface area (Å²) in [6, 6.07) is 41.4. The van der Waals surface area contributed by atoms with E-state index in [2.05, 4.69) is 26.6 Å². The number of anilines is 6. The zero-order valence-corrected chi connectivity index (χ0v) is 86.3. The molecule has 33 heteroatoms. The molecule has 6 fully saturated rings. The Bertz CT molecular complexity index is 6380. The summed E-state index contributed by atoms with van der Waals surface area (Å²) in [6.45, 7) is 13.1. The Morgan fingerprint density at radius 2 is 0.692 bits per heavy atom. The van der Waals surface area contributed by atoms with Crippen molar-refractivity contribution in [1.82, 2.24) is 14.7 Å². The lowest BCUT2D eigenvalue weighted by atomic mass is 9.83. The molecule has 0 aromatic heterocycles. The van der Waals surface area contributed by atoms with Crippen molar-refractivity contribution in [3.8, 4) is 0 Å². The Labute approximate surface area is 864 Å². The van der Waals surface area contributed by atoms with Gasteiger partial charge in [0.1, 0.15) is 17.5 Å². The normalized spacial score (nSPS) is 20.0. The number of aryl methyl sites for hydroxylation is 3. The van der Waals surface area contributed by atoms with Crippen LogP contribution in [-0.2, 0) is 66.3 Å². The van der Waals surface area contributed by atoms with E-state index in [0.29, 0.717) is 54.9 Å². The van der Waals surface area contributed by atoms with Gasteiger partial charge in [-0.2, -0.15) is 39.5 Å². The van der Waals surface area contributed by atoms with Gasteiger partial charge >= 0.3 is 24.5 Å². The molecule has 0 bridgehead atoms. The van der Waals surface area contributed by atoms with Crippen molar-refractivity contribution in [2.75, 3.05) is 58.6 Å². The quantitative estimate of drug-likeness (QED) is 0.0122. The highest BCUT2D eigenvalue weighted by atomic mass is 28.4. The van der Waals surface area contributed by atoms with E-state index in [1.54, 1.807) is 31.2 Å². The molecule has 6 atom stereocenters. The van der Waals surface area contributed by atoms with Gasteiger partial charge in [-0.1, -0.05) is 171 Å². The first-order chi connectivity index (χ1) is 72.5. The minimum absolute atomic E-state index is 0.0361. The highest BCUT2D eigenvalue weighted by Gasteiger charge is 2.48. The van der Waals surface area contributed by atoms with Crippen LogP contribution in [0.5, 0.6) is 0 Å². The number of amides is 5. The molecule has 3 heterocycles. The molecule has 5 amide bonds. The number of ether oxygens (including phenoxy) is 1. The summed E-state index contributed by atoms with van der Waals surface area (Å²) in [5.41, 5.74) is 3.91. The lowest BCUT2D eigenvalue weighted by Crippen LogP contribution is -2.46. The maximum Gasteiger partial charge on any atom is 0.416 e. The highest BCUT2D eigenvalue weighted by Crippen LogP contribution is 2.48. The lowest BCUT2D eigenvalue weighted by Gasteiger charge is -2.41. The number of halogens is 12. The van der Waals surface area contributed by atoms with Crippen molar-refractivity contribution in [2.45, 2.75) is 295 Å². The van der Waals surface area contributed by atoms with E-state index < -0.39 is 196 Å². The molecule has 0 spiro atoms. The third-order valence-corrected chi connectivity index (χ3v) is 38.3. The van der Waals surface area contributed by atoms with Crippen molar-refractivity contribution >= 4 is 86.3 Å². The van der Waals surface area contributed by atoms with Crippen LogP contribution in [0.4, 0.5) is 86.8 Å². The Morgan fingerprint density at radius 3 is 1.00 bits per heavy atom. The summed E-state index contributed by atoms with van der Waals surface area (Å²) in [5.74, 6) is -9.67. The van der Waals surface area contributed by atoms with E-state index >= 15 is 8.78 Å². The molecule has 6 aliphatic rings. The average molecular weight is 2080 g/mol. The Hall–Kier alpha value is -11.5. The second-order valence-electron chi connectivity index (χ2n) is 41.4. The van der Waals surface area contributed by atoms with Crippen molar-refractivity contribution < 1.29 is 112 Å². The molecule has 3 saturated carbocycles. The summed E-state index contributed by atoms with van der Waals surface area (Å²) >= 11 is 0. The zero-order chi connectivity index (χ0) is 114. The first-order valence-corrected chi connectivity index (χ1v) is 55.7. The molecule has 0 radical (unpaired) electrons. The number of nitrogens with zero attached hydrogens (tertiary/aromatic N) is 3. The second-order valence-corrected chi connectivity index (χ2v) is 51.1. The van der Waals surface area contributed by atoms with Crippen molar-refractivity contribution in [3.63, 3.8) is 0 Å². The van der Waals surface area contributed by atoms with Gasteiger partial charge in [0.05, 0.1) is 95.7 Å². The van der Waals surface area contributed by atoms with Crippen LogP contribution < -0.4 is 32.3 Å². The Morgan fingerprint density at radius 1 is 0.397 bits per heavy atom. The fourth-order valence-electron chi connectivity index (χ4n) is 19.4. The molecule has 9 aromatic rings. The summed E-state index contributed by atoms with van der Waals surface area (Å²) in [4.78, 5) is 87.0. The first kappa shape index (κ1) is 100. The van der Waals surface area contributed by atoms with Gasteiger partial charge in [0.2, 0.25) is 11.8 Å².